The topological polar surface area (TPSA) is 77.7 Å². The minimum atomic E-state index is -0.318. The van der Waals surface area contributed by atoms with Crippen molar-refractivity contribution < 1.29 is 14.3 Å². The maximum atomic E-state index is 11.7. The van der Waals surface area contributed by atoms with Crippen LogP contribution in [0.15, 0.2) is 18.3 Å². The molecule has 1 aromatic rings. The highest BCUT2D eigenvalue weighted by atomic mass is 32.1. The summed E-state index contributed by atoms with van der Waals surface area (Å²) in [5, 5.41) is 0. The lowest BCUT2D eigenvalue weighted by Gasteiger charge is -2.25. The van der Waals surface area contributed by atoms with E-state index in [1.54, 1.807) is 31.2 Å². The van der Waals surface area contributed by atoms with Crippen LogP contribution < -0.4 is 10.6 Å². The van der Waals surface area contributed by atoms with E-state index in [0.717, 1.165) is 0 Å². The smallest absolute Gasteiger partial charge is 0.325 e. The molecule has 110 valence electrons. The fourth-order valence-corrected chi connectivity index (χ4v) is 1.85. The molecule has 0 fully saturated rings. The molecule has 2 N–H and O–H groups in total. The lowest BCUT2D eigenvalue weighted by Crippen LogP contribution is -2.35. The Kier molecular flexibility index (Phi) is 6.89. The average molecular weight is 297 g/mol. The van der Waals surface area contributed by atoms with Crippen LogP contribution in [-0.4, -0.2) is 49.4 Å². The van der Waals surface area contributed by atoms with Gasteiger partial charge >= 0.3 is 5.97 Å². The van der Waals surface area contributed by atoms with Crippen molar-refractivity contribution >= 4 is 28.9 Å². The van der Waals surface area contributed by atoms with Crippen molar-refractivity contribution in [1.82, 2.24) is 4.98 Å². The monoisotopic (exact) mass is 297 g/mol. The normalized spacial score (nSPS) is 10.1. The summed E-state index contributed by atoms with van der Waals surface area (Å²) in [6, 6.07) is 3.58. The van der Waals surface area contributed by atoms with Gasteiger partial charge in [-0.1, -0.05) is 12.2 Å². The summed E-state index contributed by atoms with van der Waals surface area (Å²) in [6.45, 7) is 3.17. The summed E-state index contributed by atoms with van der Waals surface area (Å²) in [6.07, 6.45) is 1.61. The Balaban J connectivity index is 2.97. The molecular weight excluding hydrogens is 278 g/mol. The van der Waals surface area contributed by atoms with Crippen LogP contribution in [0.5, 0.6) is 0 Å². The number of hydrogen-bond donors (Lipinski definition) is 1. The van der Waals surface area contributed by atoms with Gasteiger partial charge in [-0.25, -0.2) is 0 Å². The zero-order valence-electron chi connectivity index (χ0n) is 11.7. The van der Waals surface area contributed by atoms with Crippen LogP contribution in [0.4, 0.5) is 5.69 Å². The van der Waals surface area contributed by atoms with Gasteiger partial charge in [-0.05, 0) is 19.1 Å². The van der Waals surface area contributed by atoms with E-state index >= 15 is 0 Å². The van der Waals surface area contributed by atoms with Crippen LogP contribution in [0.2, 0.25) is 0 Å². The highest BCUT2D eigenvalue weighted by molar-refractivity contribution is 7.80. The summed E-state index contributed by atoms with van der Waals surface area (Å²) in [7, 11) is 1.60. The zero-order valence-corrected chi connectivity index (χ0v) is 12.5. The number of anilines is 1. The maximum absolute atomic E-state index is 11.7. The van der Waals surface area contributed by atoms with Crippen LogP contribution in [0.1, 0.15) is 12.6 Å². The number of esters is 1. The molecule has 1 rings (SSSR count). The number of carbonyl (C=O) groups is 1. The number of hydrogen-bond acceptors (Lipinski definition) is 6. The summed E-state index contributed by atoms with van der Waals surface area (Å²) >= 11 is 4.99. The quantitative estimate of drug-likeness (QED) is 0.560. The number of rotatable bonds is 8. The van der Waals surface area contributed by atoms with Crippen molar-refractivity contribution in [2.45, 2.75) is 6.92 Å². The van der Waals surface area contributed by atoms with Gasteiger partial charge in [-0.15, -0.1) is 0 Å². The number of carbonyl (C=O) groups excluding carboxylic acids is 1. The molecule has 0 amide bonds. The first-order valence-electron chi connectivity index (χ1n) is 6.24. The van der Waals surface area contributed by atoms with E-state index in [1.807, 2.05) is 6.07 Å². The van der Waals surface area contributed by atoms with E-state index in [2.05, 4.69) is 4.98 Å². The fourth-order valence-electron chi connectivity index (χ4n) is 1.69. The molecule has 0 unspecified atom stereocenters. The lowest BCUT2D eigenvalue weighted by atomic mass is 10.2. The van der Waals surface area contributed by atoms with Gasteiger partial charge in [0.15, 0.2) is 0 Å². The first-order valence-corrected chi connectivity index (χ1v) is 6.65. The Hall–Kier alpha value is -1.73. The van der Waals surface area contributed by atoms with Gasteiger partial charge in [-0.2, -0.15) is 0 Å². The molecule has 0 aliphatic rings. The largest absolute Gasteiger partial charge is 0.465 e. The van der Waals surface area contributed by atoms with Crippen LogP contribution in [0.25, 0.3) is 0 Å². The van der Waals surface area contributed by atoms with Gasteiger partial charge < -0.3 is 20.1 Å². The van der Waals surface area contributed by atoms with E-state index in [-0.39, 0.29) is 17.5 Å². The van der Waals surface area contributed by atoms with E-state index < -0.39 is 0 Å². The molecule has 0 spiro atoms. The fraction of sp³-hybridized carbons (Fsp3) is 0.462. The number of nitrogens with zero attached hydrogens (tertiary/aromatic N) is 2. The third kappa shape index (κ3) is 4.75. The molecule has 0 atom stereocenters. The Morgan fingerprint density at radius 2 is 2.30 bits per heavy atom. The highest BCUT2D eigenvalue weighted by Crippen LogP contribution is 2.18. The molecule has 0 aromatic carbocycles. The van der Waals surface area contributed by atoms with Crippen molar-refractivity contribution in [3.63, 3.8) is 0 Å². The predicted molar refractivity (Wildman–Crippen MR) is 80.8 cm³/mol. The van der Waals surface area contributed by atoms with Crippen LogP contribution in [-0.2, 0) is 14.3 Å². The number of methoxy groups -OCH3 is 1. The Morgan fingerprint density at radius 1 is 1.55 bits per heavy atom. The van der Waals surface area contributed by atoms with Gasteiger partial charge in [0.1, 0.15) is 17.2 Å². The molecule has 0 radical (unpaired) electrons. The lowest BCUT2D eigenvalue weighted by molar-refractivity contribution is -0.141. The molecule has 6 nitrogen and oxygen atoms in total. The molecule has 20 heavy (non-hydrogen) atoms. The second-order valence-corrected chi connectivity index (χ2v) is 4.39. The maximum Gasteiger partial charge on any atom is 0.325 e. The number of thiocarbonyl (C=S) groups is 1. The van der Waals surface area contributed by atoms with Crippen LogP contribution in [0.3, 0.4) is 0 Å². The predicted octanol–water partition coefficient (Wildman–Crippen LogP) is 0.732. The van der Waals surface area contributed by atoms with E-state index in [4.69, 9.17) is 27.4 Å². The van der Waals surface area contributed by atoms with Gasteiger partial charge in [0, 0.05) is 19.9 Å². The van der Waals surface area contributed by atoms with E-state index in [1.165, 1.54) is 0 Å². The van der Waals surface area contributed by atoms with Gasteiger partial charge in [0.05, 0.1) is 18.9 Å². The molecule has 0 saturated heterocycles. The molecule has 0 aliphatic heterocycles. The van der Waals surface area contributed by atoms with Crippen molar-refractivity contribution in [3.05, 3.63) is 24.0 Å². The second-order valence-electron chi connectivity index (χ2n) is 3.95. The van der Waals surface area contributed by atoms with Gasteiger partial charge in [-0.3, -0.25) is 9.78 Å². The third-order valence-corrected chi connectivity index (χ3v) is 2.74. The molecular formula is C13H19N3O3S. The van der Waals surface area contributed by atoms with E-state index in [9.17, 15) is 4.79 Å². The number of pyridine rings is 1. The Morgan fingerprint density at radius 3 is 2.90 bits per heavy atom. The molecule has 0 bridgehead atoms. The summed E-state index contributed by atoms with van der Waals surface area (Å²) in [4.78, 5) is 17.8. The van der Waals surface area contributed by atoms with Crippen molar-refractivity contribution in [2.24, 2.45) is 5.73 Å². The Labute approximate surface area is 123 Å². The summed E-state index contributed by atoms with van der Waals surface area (Å²) < 4.78 is 10.0. The first-order chi connectivity index (χ1) is 9.60. The molecule has 1 aromatic heterocycles. The van der Waals surface area contributed by atoms with Gasteiger partial charge in [0.2, 0.25) is 0 Å². The van der Waals surface area contributed by atoms with Crippen molar-refractivity contribution in [3.8, 4) is 0 Å². The van der Waals surface area contributed by atoms with Crippen molar-refractivity contribution in [2.75, 3.05) is 38.3 Å². The molecule has 1 heterocycles. The van der Waals surface area contributed by atoms with Crippen molar-refractivity contribution in [1.29, 1.82) is 0 Å². The third-order valence-electron chi connectivity index (χ3n) is 2.55. The number of aromatic nitrogens is 1. The SMILES string of the molecule is CCOC(=O)CN(CCOC)c1cccnc1C(N)=S. The van der Waals surface area contributed by atoms with E-state index in [0.29, 0.717) is 31.1 Å². The summed E-state index contributed by atoms with van der Waals surface area (Å²) in [5.41, 5.74) is 6.85. The zero-order chi connectivity index (χ0) is 15.0. The minimum absolute atomic E-state index is 0.0957. The minimum Gasteiger partial charge on any atom is -0.465 e. The summed E-state index contributed by atoms with van der Waals surface area (Å²) in [5.74, 6) is -0.318. The molecule has 0 saturated carbocycles. The van der Waals surface area contributed by atoms with Crippen LogP contribution >= 0.6 is 12.2 Å². The molecule has 7 heteroatoms. The first kappa shape index (κ1) is 16.3. The standard InChI is InChI=1S/C13H19N3O3S/c1-3-19-11(17)9-16(7-8-18-2)10-5-4-6-15-12(10)13(14)20/h4-6H,3,7-9H2,1-2H3,(H2,14,20). The number of ether oxygens (including phenoxy) is 2. The highest BCUT2D eigenvalue weighted by Gasteiger charge is 2.17. The number of nitrogens with two attached hydrogens (primary N) is 1. The Bertz CT molecular complexity index is 468. The van der Waals surface area contributed by atoms with Gasteiger partial charge in [0.25, 0.3) is 0 Å². The molecule has 0 aliphatic carbocycles. The van der Waals surface area contributed by atoms with Crippen LogP contribution in [0, 0.1) is 0 Å². The second kappa shape index (κ2) is 8.44. The average Bonchev–Trinajstić information content (AvgIpc) is 2.43.